The van der Waals surface area contributed by atoms with Crippen LogP contribution in [0.4, 0.5) is 0 Å². The summed E-state index contributed by atoms with van der Waals surface area (Å²) in [7, 11) is -3.41. The largest absolute Gasteiger partial charge is 0.737 e. The third-order valence-corrected chi connectivity index (χ3v) is 6.61. The molecule has 0 saturated heterocycles. The average Bonchev–Trinajstić information content (AvgIpc) is 2.76. The molecule has 1 radical (unpaired) electrons. The molecule has 137 valence electrons. The lowest BCUT2D eigenvalue weighted by molar-refractivity contribution is 0.281. The van der Waals surface area contributed by atoms with Crippen LogP contribution in [-0.4, -0.2) is 8.80 Å². The minimum Gasteiger partial charge on any atom is -0.480 e. The molecule has 0 spiro atoms. The van der Waals surface area contributed by atoms with Gasteiger partial charge in [-0.05, 0) is 42.5 Å². The zero-order valence-electron chi connectivity index (χ0n) is 15.2. The van der Waals surface area contributed by atoms with E-state index in [4.69, 9.17) is 13.3 Å². The predicted octanol–water partition coefficient (Wildman–Crippen LogP) is 4.87. The van der Waals surface area contributed by atoms with Gasteiger partial charge in [0.05, 0.1) is 5.19 Å². The van der Waals surface area contributed by atoms with E-state index >= 15 is 0 Å². The monoisotopic (exact) mass is 383 g/mol. The van der Waals surface area contributed by atoms with Crippen molar-refractivity contribution in [1.29, 1.82) is 0 Å². The van der Waals surface area contributed by atoms with Crippen molar-refractivity contribution < 1.29 is 13.3 Å². The highest BCUT2D eigenvalue weighted by atomic mass is 28.4. The molecule has 0 saturated carbocycles. The quantitative estimate of drug-likeness (QED) is 0.426. The minimum absolute atomic E-state index is 0.689. The summed E-state index contributed by atoms with van der Waals surface area (Å²) in [6.07, 6.45) is 0. The Balaban J connectivity index is 1.82. The molecule has 0 aliphatic carbocycles. The maximum Gasteiger partial charge on any atom is 0.737 e. The van der Waals surface area contributed by atoms with Gasteiger partial charge in [-0.1, -0.05) is 78.9 Å². The van der Waals surface area contributed by atoms with Gasteiger partial charge in [-0.25, -0.2) is 0 Å². The minimum atomic E-state index is -3.41. The van der Waals surface area contributed by atoms with E-state index in [1.165, 1.54) is 0 Å². The number of hydrogen-bond donors (Lipinski definition) is 0. The van der Waals surface area contributed by atoms with Crippen LogP contribution in [0.2, 0.25) is 0 Å². The molecule has 4 rings (SSSR count). The van der Waals surface area contributed by atoms with E-state index in [-0.39, 0.29) is 0 Å². The Morgan fingerprint density at radius 1 is 0.464 bits per heavy atom. The fourth-order valence-corrected chi connectivity index (χ4v) is 5.15. The van der Waals surface area contributed by atoms with Crippen molar-refractivity contribution in [3.05, 3.63) is 121 Å². The van der Waals surface area contributed by atoms with Crippen molar-refractivity contribution in [2.75, 3.05) is 0 Å². The van der Waals surface area contributed by atoms with Gasteiger partial charge in [0.25, 0.3) is 0 Å². The second-order valence-corrected chi connectivity index (χ2v) is 8.39. The maximum absolute atomic E-state index is 6.48. The number of benzene rings is 4. The van der Waals surface area contributed by atoms with Crippen LogP contribution < -0.4 is 18.5 Å². The van der Waals surface area contributed by atoms with Crippen LogP contribution in [0.1, 0.15) is 0 Å². The maximum atomic E-state index is 6.48. The van der Waals surface area contributed by atoms with Gasteiger partial charge >= 0.3 is 8.80 Å². The molecule has 4 heteroatoms. The molecule has 0 aliphatic rings. The third-order valence-electron chi connectivity index (χ3n) is 4.06. The molecule has 3 nitrogen and oxygen atoms in total. The zero-order chi connectivity index (χ0) is 19.1. The van der Waals surface area contributed by atoms with Crippen LogP contribution in [0.3, 0.4) is 0 Å². The average molecular weight is 383 g/mol. The molecule has 0 aromatic heterocycles. The highest BCUT2D eigenvalue weighted by Gasteiger charge is 2.52. The second-order valence-electron chi connectivity index (χ2n) is 6.09. The van der Waals surface area contributed by atoms with E-state index in [0.29, 0.717) is 17.2 Å². The summed E-state index contributed by atoms with van der Waals surface area (Å²) in [5, 5.41) is 0.850. The Morgan fingerprint density at radius 2 is 0.821 bits per heavy atom. The molecular formula is C24H19O3Si. The molecule has 4 aromatic rings. The van der Waals surface area contributed by atoms with Crippen LogP contribution in [0.15, 0.2) is 115 Å². The van der Waals surface area contributed by atoms with E-state index in [1.54, 1.807) is 0 Å². The van der Waals surface area contributed by atoms with Crippen LogP contribution in [-0.2, 0) is 0 Å². The number of rotatable bonds is 7. The molecule has 0 N–H and O–H groups in total. The molecule has 0 atom stereocenters. The zero-order valence-corrected chi connectivity index (χ0v) is 16.2. The fourth-order valence-electron chi connectivity index (χ4n) is 2.76. The van der Waals surface area contributed by atoms with Crippen molar-refractivity contribution in [3.63, 3.8) is 0 Å². The summed E-state index contributed by atoms with van der Waals surface area (Å²) >= 11 is 0. The lowest BCUT2D eigenvalue weighted by atomic mass is 10.3. The first-order valence-electron chi connectivity index (χ1n) is 9.03. The smallest absolute Gasteiger partial charge is 0.480 e. The Hall–Kier alpha value is -3.50. The van der Waals surface area contributed by atoms with Crippen molar-refractivity contribution in [2.45, 2.75) is 0 Å². The van der Waals surface area contributed by atoms with E-state index in [9.17, 15) is 0 Å². The Morgan fingerprint density at radius 3 is 1.18 bits per heavy atom. The lowest BCUT2D eigenvalue weighted by Gasteiger charge is -2.30. The van der Waals surface area contributed by atoms with Crippen LogP contribution in [0, 0.1) is 6.07 Å². The summed E-state index contributed by atoms with van der Waals surface area (Å²) in [5.41, 5.74) is 0. The first kappa shape index (κ1) is 17.9. The first-order chi connectivity index (χ1) is 13.8. The predicted molar refractivity (Wildman–Crippen MR) is 112 cm³/mol. The van der Waals surface area contributed by atoms with Gasteiger partial charge in [0.15, 0.2) is 0 Å². The van der Waals surface area contributed by atoms with Gasteiger partial charge in [-0.15, -0.1) is 0 Å². The first-order valence-corrected chi connectivity index (χ1v) is 10.8. The van der Waals surface area contributed by atoms with Crippen molar-refractivity contribution in [1.82, 2.24) is 0 Å². The Labute approximate surface area is 166 Å². The van der Waals surface area contributed by atoms with Crippen molar-refractivity contribution in [2.24, 2.45) is 0 Å². The lowest BCUT2D eigenvalue weighted by Crippen LogP contribution is -2.64. The molecule has 0 aliphatic heterocycles. The highest BCUT2D eigenvalue weighted by molar-refractivity contribution is 6.77. The van der Waals surface area contributed by atoms with Crippen LogP contribution >= 0.6 is 0 Å². The molecular weight excluding hydrogens is 364 g/mol. The SMILES string of the molecule is [c]1ccc([Si](Oc2ccccc2)(Oc2ccccc2)Oc2ccccc2)cc1. The number of para-hydroxylation sites is 3. The molecule has 0 fully saturated rings. The summed E-state index contributed by atoms with van der Waals surface area (Å²) in [6.45, 7) is 0. The van der Waals surface area contributed by atoms with E-state index in [2.05, 4.69) is 6.07 Å². The molecule has 0 amide bonds. The fraction of sp³-hybridized carbons (Fsp3) is 0. The van der Waals surface area contributed by atoms with Crippen LogP contribution in [0.25, 0.3) is 0 Å². The van der Waals surface area contributed by atoms with Gasteiger partial charge in [-0.2, -0.15) is 0 Å². The van der Waals surface area contributed by atoms with Gasteiger partial charge in [0.1, 0.15) is 17.2 Å². The van der Waals surface area contributed by atoms with E-state index < -0.39 is 8.80 Å². The molecule has 28 heavy (non-hydrogen) atoms. The molecule has 0 heterocycles. The van der Waals surface area contributed by atoms with Gasteiger partial charge in [-0.3, -0.25) is 0 Å². The third kappa shape index (κ3) is 4.24. The topological polar surface area (TPSA) is 27.7 Å². The normalized spacial score (nSPS) is 10.9. The van der Waals surface area contributed by atoms with Crippen molar-refractivity contribution in [3.8, 4) is 17.2 Å². The second kappa shape index (κ2) is 8.46. The standard InChI is InChI=1S/C24H19O3Si/c1-5-13-21(14-6-1)25-28(24-19-11-4-12-20-24,26-22-15-7-2-8-16-22)27-23-17-9-3-10-18-23/h1-3,5-20H. The highest BCUT2D eigenvalue weighted by Crippen LogP contribution is 2.24. The summed E-state index contributed by atoms with van der Waals surface area (Å²) in [5.74, 6) is 2.07. The summed E-state index contributed by atoms with van der Waals surface area (Å²) in [6, 6.07) is 39.4. The Kier molecular flexibility index (Phi) is 5.40. The van der Waals surface area contributed by atoms with Gasteiger partial charge in [0, 0.05) is 0 Å². The van der Waals surface area contributed by atoms with E-state index in [0.717, 1.165) is 5.19 Å². The Bertz CT molecular complexity index is 876. The summed E-state index contributed by atoms with van der Waals surface area (Å²) in [4.78, 5) is 0. The molecule has 0 bridgehead atoms. The van der Waals surface area contributed by atoms with Crippen LogP contribution in [0.5, 0.6) is 17.2 Å². The summed E-state index contributed by atoms with van der Waals surface area (Å²) < 4.78 is 19.4. The van der Waals surface area contributed by atoms with E-state index in [1.807, 2.05) is 115 Å². The molecule has 0 unspecified atom stereocenters. The number of hydrogen-bond acceptors (Lipinski definition) is 3. The van der Waals surface area contributed by atoms with Crippen molar-refractivity contribution >= 4 is 14.0 Å². The van der Waals surface area contributed by atoms with Gasteiger partial charge in [0.2, 0.25) is 0 Å². The molecule has 4 aromatic carbocycles. The van der Waals surface area contributed by atoms with Gasteiger partial charge < -0.3 is 13.3 Å².